The number of benzene rings is 2. The number of carbonyl (C=O) groups excluding carboxylic acids is 1. The van der Waals surface area contributed by atoms with E-state index in [1.54, 1.807) is 25.6 Å². The summed E-state index contributed by atoms with van der Waals surface area (Å²) in [4.78, 5) is 22.0. The van der Waals surface area contributed by atoms with E-state index in [2.05, 4.69) is 10.3 Å². The number of anilines is 1. The Kier molecular flexibility index (Phi) is 4.72. The molecule has 0 saturated heterocycles. The summed E-state index contributed by atoms with van der Waals surface area (Å²) in [6.45, 7) is 1.97. The Bertz CT molecular complexity index is 1160. The number of carbonyl (C=O) groups is 1. The molecular weight excluding hydrogens is 350 g/mol. The number of rotatable bonds is 4. The molecule has 0 atom stereocenters. The van der Waals surface area contributed by atoms with Crippen LogP contribution in [0, 0.1) is 6.92 Å². The summed E-state index contributed by atoms with van der Waals surface area (Å²) < 4.78 is 5.38. The van der Waals surface area contributed by atoms with Crippen molar-refractivity contribution in [2.75, 3.05) is 12.4 Å². The molecule has 0 unspecified atom stereocenters. The van der Waals surface area contributed by atoms with E-state index in [0.717, 1.165) is 22.0 Å². The molecule has 0 aliphatic heterocycles. The van der Waals surface area contributed by atoms with Crippen LogP contribution in [0.3, 0.4) is 0 Å². The summed E-state index contributed by atoms with van der Waals surface area (Å²) in [6, 6.07) is 18.9. The summed E-state index contributed by atoms with van der Waals surface area (Å²) in [7, 11) is 1.59. The van der Waals surface area contributed by atoms with E-state index in [1.165, 1.54) is 0 Å². The molecule has 0 fully saturated rings. The molecular formula is C23H19N3O2. The van der Waals surface area contributed by atoms with Crippen molar-refractivity contribution in [1.82, 2.24) is 9.97 Å². The van der Waals surface area contributed by atoms with Gasteiger partial charge in [-0.05, 0) is 48.9 Å². The number of para-hydroxylation sites is 1. The Morgan fingerprint density at radius 1 is 1.04 bits per heavy atom. The molecule has 1 N–H and O–H groups in total. The van der Waals surface area contributed by atoms with E-state index in [9.17, 15) is 4.79 Å². The zero-order chi connectivity index (χ0) is 19.5. The second-order valence-electron chi connectivity index (χ2n) is 6.47. The molecule has 5 heteroatoms. The van der Waals surface area contributed by atoms with Crippen molar-refractivity contribution in [2.24, 2.45) is 0 Å². The highest BCUT2D eigenvalue weighted by Crippen LogP contribution is 2.28. The maximum Gasteiger partial charge on any atom is 0.256 e. The third-order valence-corrected chi connectivity index (χ3v) is 4.52. The number of pyridine rings is 2. The predicted octanol–water partition coefficient (Wildman–Crippen LogP) is 4.87. The molecule has 0 saturated carbocycles. The maximum absolute atomic E-state index is 13.2. The zero-order valence-corrected chi connectivity index (χ0v) is 15.6. The maximum atomic E-state index is 13.2. The SMILES string of the molecule is COc1ccc(C)cc1NC(=O)c1cc(-c2cccnc2)nc2ccccc12. The summed E-state index contributed by atoms with van der Waals surface area (Å²) >= 11 is 0. The monoisotopic (exact) mass is 369 g/mol. The highest BCUT2D eigenvalue weighted by Gasteiger charge is 2.16. The summed E-state index contributed by atoms with van der Waals surface area (Å²) in [5.74, 6) is 0.400. The number of hydrogen-bond acceptors (Lipinski definition) is 4. The standard InChI is InChI=1S/C23H19N3O2/c1-15-9-10-22(28-2)21(12-15)26-23(27)18-13-20(16-6-5-11-24-14-16)25-19-8-4-3-7-17(18)19/h3-14H,1-2H3,(H,26,27). The van der Waals surface area contributed by atoms with Crippen LogP contribution in [0.1, 0.15) is 15.9 Å². The van der Waals surface area contributed by atoms with Crippen LogP contribution < -0.4 is 10.1 Å². The van der Waals surface area contributed by atoms with Crippen molar-refractivity contribution in [1.29, 1.82) is 0 Å². The van der Waals surface area contributed by atoms with Gasteiger partial charge in [-0.1, -0.05) is 24.3 Å². The van der Waals surface area contributed by atoms with E-state index >= 15 is 0 Å². The summed E-state index contributed by atoms with van der Waals surface area (Å²) in [5, 5.41) is 3.77. The normalized spacial score (nSPS) is 10.6. The molecule has 0 bridgehead atoms. The molecule has 28 heavy (non-hydrogen) atoms. The summed E-state index contributed by atoms with van der Waals surface area (Å²) in [5.41, 5.74) is 4.53. The molecule has 5 nitrogen and oxygen atoms in total. The van der Waals surface area contributed by atoms with Crippen LogP contribution >= 0.6 is 0 Å². The molecule has 2 heterocycles. The quantitative estimate of drug-likeness (QED) is 0.558. The van der Waals surface area contributed by atoms with Gasteiger partial charge in [-0.15, -0.1) is 0 Å². The Morgan fingerprint density at radius 3 is 2.68 bits per heavy atom. The Morgan fingerprint density at radius 2 is 1.89 bits per heavy atom. The van der Waals surface area contributed by atoms with Gasteiger partial charge in [0.05, 0.1) is 29.6 Å². The number of aromatic nitrogens is 2. The van der Waals surface area contributed by atoms with Gasteiger partial charge in [0.1, 0.15) is 5.75 Å². The molecule has 0 spiro atoms. The van der Waals surface area contributed by atoms with Gasteiger partial charge in [0, 0.05) is 23.3 Å². The molecule has 4 aromatic rings. The van der Waals surface area contributed by atoms with E-state index in [-0.39, 0.29) is 5.91 Å². The van der Waals surface area contributed by atoms with Gasteiger partial charge in [-0.2, -0.15) is 0 Å². The number of hydrogen-bond donors (Lipinski definition) is 1. The molecule has 4 rings (SSSR count). The van der Waals surface area contributed by atoms with E-state index < -0.39 is 0 Å². The highest BCUT2D eigenvalue weighted by molar-refractivity contribution is 6.13. The topological polar surface area (TPSA) is 64.1 Å². The predicted molar refractivity (Wildman–Crippen MR) is 111 cm³/mol. The second kappa shape index (κ2) is 7.48. The third kappa shape index (κ3) is 3.42. The average Bonchev–Trinajstić information content (AvgIpc) is 2.73. The van der Waals surface area contributed by atoms with Gasteiger partial charge in [-0.3, -0.25) is 9.78 Å². The van der Waals surface area contributed by atoms with Crippen molar-refractivity contribution < 1.29 is 9.53 Å². The van der Waals surface area contributed by atoms with Crippen molar-refractivity contribution >= 4 is 22.5 Å². The Balaban J connectivity index is 1.81. The van der Waals surface area contributed by atoms with Crippen LogP contribution in [0.2, 0.25) is 0 Å². The average molecular weight is 369 g/mol. The largest absolute Gasteiger partial charge is 0.495 e. The van der Waals surface area contributed by atoms with Crippen LogP contribution in [0.4, 0.5) is 5.69 Å². The number of ether oxygens (including phenoxy) is 1. The molecule has 0 radical (unpaired) electrons. The van der Waals surface area contributed by atoms with Crippen LogP contribution in [0.15, 0.2) is 73.1 Å². The minimum Gasteiger partial charge on any atom is -0.495 e. The molecule has 2 aromatic heterocycles. The fraction of sp³-hybridized carbons (Fsp3) is 0.0870. The third-order valence-electron chi connectivity index (χ3n) is 4.52. The van der Waals surface area contributed by atoms with Crippen molar-refractivity contribution in [3.63, 3.8) is 0 Å². The lowest BCUT2D eigenvalue weighted by atomic mass is 10.0. The number of nitrogens with zero attached hydrogens (tertiary/aromatic N) is 2. The van der Waals surface area contributed by atoms with Crippen LogP contribution in [-0.4, -0.2) is 23.0 Å². The molecule has 0 aliphatic rings. The zero-order valence-electron chi connectivity index (χ0n) is 15.6. The van der Waals surface area contributed by atoms with E-state index in [0.29, 0.717) is 22.7 Å². The summed E-state index contributed by atoms with van der Waals surface area (Å²) in [6.07, 6.45) is 3.45. The molecule has 0 aliphatic carbocycles. The number of nitrogens with one attached hydrogen (secondary N) is 1. The van der Waals surface area contributed by atoms with Gasteiger partial charge in [0.25, 0.3) is 5.91 Å². The minimum absolute atomic E-state index is 0.215. The number of amides is 1. The first-order valence-corrected chi connectivity index (χ1v) is 8.92. The van der Waals surface area contributed by atoms with E-state index in [4.69, 9.17) is 9.72 Å². The van der Waals surface area contributed by atoms with Crippen molar-refractivity contribution in [2.45, 2.75) is 6.92 Å². The first-order chi connectivity index (χ1) is 13.7. The second-order valence-corrected chi connectivity index (χ2v) is 6.47. The number of aryl methyl sites for hydroxylation is 1. The lowest BCUT2D eigenvalue weighted by Crippen LogP contribution is -2.14. The number of fused-ring (bicyclic) bond motifs is 1. The van der Waals surface area contributed by atoms with Gasteiger partial charge in [0.15, 0.2) is 0 Å². The van der Waals surface area contributed by atoms with Crippen LogP contribution in [0.25, 0.3) is 22.2 Å². The highest BCUT2D eigenvalue weighted by atomic mass is 16.5. The van der Waals surface area contributed by atoms with Crippen LogP contribution in [-0.2, 0) is 0 Å². The molecule has 2 aromatic carbocycles. The smallest absolute Gasteiger partial charge is 0.256 e. The lowest BCUT2D eigenvalue weighted by molar-refractivity contribution is 0.102. The molecule has 1 amide bonds. The first kappa shape index (κ1) is 17.7. The molecule has 138 valence electrons. The van der Waals surface area contributed by atoms with Gasteiger partial charge >= 0.3 is 0 Å². The van der Waals surface area contributed by atoms with Gasteiger partial charge in [0.2, 0.25) is 0 Å². The lowest BCUT2D eigenvalue weighted by Gasteiger charge is -2.13. The van der Waals surface area contributed by atoms with Gasteiger partial charge < -0.3 is 10.1 Å². The van der Waals surface area contributed by atoms with Crippen molar-refractivity contribution in [3.8, 4) is 17.0 Å². The fourth-order valence-electron chi connectivity index (χ4n) is 3.13. The van der Waals surface area contributed by atoms with E-state index in [1.807, 2.05) is 61.5 Å². The minimum atomic E-state index is -0.215. The Hall–Kier alpha value is -3.73. The Labute approximate surface area is 163 Å². The van der Waals surface area contributed by atoms with Gasteiger partial charge in [-0.25, -0.2) is 4.98 Å². The van der Waals surface area contributed by atoms with Crippen LogP contribution in [0.5, 0.6) is 5.75 Å². The first-order valence-electron chi connectivity index (χ1n) is 8.92. The van der Waals surface area contributed by atoms with Crippen molar-refractivity contribution in [3.05, 3.63) is 84.2 Å². The fourth-order valence-corrected chi connectivity index (χ4v) is 3.13. The number of methoxy groups -OCH3 is 1.